The fourth-order valence-electron chi connectivity index (χ4n) is 1.81. The van der Waals surface area contributed by atoms with Gasteiger partial charge in [0.25, 0.3) is 0 Å². The summed E-state index contributed by atoms with van der Waals surface area (Å²) in [5, 5.41) is 4.09. The van der Waals surface area contributed by atoms with Gasteiger partial charge in [-0.3, -0.25) is 4.79 Å². The Morgan fingerprint density at radius 1 is 1.30 bits per heavy atom. The van der Waals surface area contributed by atoms with Gasteiger partial charge in [0.2, 0.25) is 0 Å². The fraction of sp³-hybridized carbons (Fsp3) is 0.267. The largest absolute Gasteiger partial charge is 0.379 e. The van der Waals surface area contributed by atoms with Crippen LogP contribution < -0.4 is 16.0 Å². The van der Waals surface area contributed by atoms with Crippen molar-refractivity contribution in [3.8, 4) is 0 Å². The normalized spacial score (nSPS) is 11.2. The van der Waals surface area contributed by atoms with E-state index in [1.807, 2.05) is 19.1 Å². The van der Waals surface area contributed by atoms with Gasteiger partial charge in [0.1, 0.15) is 0 Å². The summed E-state index contributed by atoms with van der Waals surface area (Å²) in [6, 6.07) is 9.70. The summed E-state index contributed by atoms with van der Waals surface area (Å²) in [5.41, 5.74) is 5.67. The molecule has 0 spiro atoms. The molecule has 0 aliphatic carbocycles. The molecule has 104 valence electrons. The van der Waals surface area contributed by atoms with Crippen LogP contribution >= 0.6 is 0 Å². The SMILES string of the molecule is Cc1cc(=O)[nH]c(NN=Cc2ccc(C(C)C)cc2)[nH+]1. The van der Waals surface area contributed by atoms with Gasteiger partial charge in [-0.1, -0.05) is 38.1 Å². The van der Waals surface area contributed by atoms with Crippen molar-refractivity contribution in [2.45, 2.75) is 26.7 Å². The third kappa shape index (κ3) is 3.78. The summed E-state index contributed by atoms with van der Waals surface area (Å²) in [5.74, 6) is 0.983. The lowest BCUT2D eigenvalue weighted by Gasteiger charge is -2.04. The molecule has 20 heavy (non-hydrogen) atoms. The van der Waals surface area contributed by atoms with Gasteiger partial charge in [-0.25, -0.2) is 9.97 Å². The monoisotopic (exact) mass is 271 g/mol. The molecular formula is C15H19N4O+. The molecule has 5 heteroatoms. The van der Waals surface area contributed by atoms with E-state index in [-0.39, 0.29) is 5.56 Å². The summed E-state index contributed by atoms with van der Waals surface area (Å²) in [4.78, 5) is 16.9. The van der Waals surface area contributed by atoms with Crippen molar-refractivity contribution in [1.82, 2.24) is 4.98 Å². The Morgan fingerprint density at radius 3 is 2.60 bits per heavy atom. The van der Waals surface area contributed by atoms with Crippen molar-refractivity contribution in [2.75, 3.05) is 5.43 Å². The molecule has 0 saturated carbocycles. The quantitative estimate of drug-likeness (QED) is 0.660. The molecule has 3 N–H and O–H groups in total. The second kappa shape index (κ2) is 6.14. The van der Waals surface area contributed by atoms with Gasteiger partial charge in [-0.2, -0.15) is 5.43 Å². The topological polar surface area (TPSA) is 71.4 Å². The van der Waals surface area contributed by atoms with Crippen molar-refractivity contribution in [1.29, 1.82) is 0 Å². The van der Waals surface area contributed by atoms with E-state index in [0.29, 0.717) is 11.9 Å². The molecular weight excluding hydrogens is 252 g/mol. The number of nitrogens with one attached hydrogen (secondary N) is 3. The van der Waals surface area contributed by atoms with E-state index in [1.54, 1.807) is 6.21 Å². The first-order valence-corrected chi connectivity index (χ1v) is 6.57. The Bertz CT molecular complexity index is 656. The van der Waals surface area contributed by atoms with Gasteiger partial charge in [0.05, 0.1) is 18.0 Å². The number of aromatic nitrogens is 2. The van der Waals surface area contributed by atoms with Crippen LogP contribution in [-0.4, -0.2) is 11.2 Å². The van der Waals surface area contributed by atoms with Crippen LogP contribution in [0.5, 0.6) is 0 Å². The molecule has 0 bridgehead atoms. The molecule has 5 nitrogen and oxygen atoms in total. The van der Waals surface area contributed by atoms with Gasteiger partial charge in [0.15, 0.2) is 0 Å². The number of hydrogen-bond donors (Lipinski definition) is 2. The number of aromatic amines is 2. The van der Waals surface area contributed by atoms with Crippen LogP contribution in [0.1, 0.15) is 36.6 Å². The Balaban J connectivity index is 2.04. The molecule has 1 aromatic heterocycles. The molecule has 1 aromatic carbocycles. The number of H-pyrrole nitrogens is 2. The smallest absolute Gasteiger partial charge is 0.251 e. The Morgan fingerprint density at radius 2 is 2.00 bits per heavy atom. The predicted molar refractivity (Wildman–Crippen MR) is 80.1 cm³/mol. The standard InChI is InChI=1S/C15H18N4O/c1-10(2)13-6-4-12(5-7-13)9-16-19-15-17-11(3)8-14(20)18-15/h4-10H,1-3H3,(H2,17,18,19,20)/p+1. The number of aryl methyl sites for hydroxylation is 1. The van der Waals surface area contributed by atoms with E-state index in [2.05, 4.69) is 46.5 Å². The Hall–Kier alpha value is -2.43. The molecule has 0 amide bonds. The highest BCUT2D eigenvalue weighted by Crippen LogP contribution is 2.13. The molecule has 0 aliphatic rings. The molecule has 1 heterocycles. The van der Waals surface area contributed by atoms with Gasteiger partial charge >= 0.3 is 11.5 Å². The molecule has 0 aliphatic heterocycles. The van der Waals surface area contributed by atoms with E-state index in [4.69, 9.17) is 0 Å². The van der Waals surface area contributed by atoms with Crippen LogP contribution in [-0.2, 0) is 0 Å². The van der Waals surface area contributed by atoms with E-state index in [9.17, 15) is 4.79 Å². The first kappa shape index (κ1) is 14.0. The number of rotatable bonds is 4. The number of nitrogens with zero attached hydrogens (tertiary/aromatic N) is 1. The minimum absolute atomic E-state index is 0.166. The van der Waals surface area contributed by atoms with Crippen molar-refractivity contribution < 1.29 is 4.98 Å². The molecule has 0 unspecified atom stereocenters. The second-order valence-corrected chi connectivity index (χ2v) is 5.01. The highest BCUT2D eigenvalue weighted by molar-refractivity contribution is 5.80. The maximum Gasteiger partial charge on any atom is 0.379 e. The highest BCUT2D eigenvalue weighted by Gasteiger charge is 2.02. The van der Waals surface area contributed by atoms with Crippen molar-refractivity contribution in [3.63, 3.8) is 0 Å². The zero-order valence-corrected chi connectivity index (χ0v) is 11.9. The number of hydrazone groups is 1. The van der Waals surface area contributed by atoms with E-state index < -0.39 is 0 Å². The van der Waals surface area contributed by atoms with Crippen LogP contribution in [0, 0.1) is 6.92 Å². The van der Waals surface area contributed by atoms with Gasteiger partial charge in [-0.05, 0) is 24.0 Å². The molecule has 2 aromatic rings. The zero-order chi connectivity index (χ0) is 14.5. The van der Waals surface area contributed by atoms with Crippen LogP contribution in [0.3, 0.4) is 0 Å². The van der Waals surface area contributed by atoms with E-state index >= 15 is 0 Å². The first-order valence-electron chi connectivity index (χ1n) is 6.57. The molecule has 0 fully saturated rings. The van der Waals surface area contributed by atoms with Crippen molar-refractivity contribution >= 4 is 12.2 Å². The molecule has 0 atom stereocenters. The van der Waals surface area contributed by atoms with Gasteiger partial charge in [0, 0.05) is 0 Å². The predicted octanol–water partition coefficient (Wildman–Crippen LogP) is 2.07. The zero-order valence-electron chi connectivity index (χ0n) is 11.9. The number of benzene rings is 1. The van der Waals surface area contributed by atoms with Crippen LogP contribution in [0.25, 0.3) is 0 Å². The maximum absolute atomic E-state index is 11.3. The number of hydrogen-bond acceptors (Lipinski definition) is 3. The summed E-state index contributed by atoms with van der Waals surface area (Å²) in [6.07, 6.45) is 1.71. The Labute approximate surface area is 117 Å². The highest BCUT2D eigenvalue weighted by atomic mass is 16.1. The van der Waals surface area contributed by atoms with Crippen LogP contribution in [0.2, 0.25) is 0 Å². The van der Waals surface area contributed by atoms with Gasteiger partial charge in [-0.15, -0.1) is 5.10 Å². The van der Waals surface area contributed by atoms with E-state index in [1.165, 1.54) is 11.6 Å². The van der Waals surface area contributed by atoms with Crippen molar-refractivity contribution in [2.24, 2.45) is 5.10 Å². The van der Waals surface area contributed by atoms with Crippen LogP contribution in [0.15, 0.2) is 40.2 Å². The van der Waals surface area contributed by atoms with E-state index in [0.717, 1.165) is 11.3 Å². The molecule has 0 saturated heterocycles. The lowest BCUT2D eigenvalue weighted by Crippen LogP contribution is -2.22. The summed E-state index contributed by atoms with van der Waals surface area (Å²) in [7, 11) is 0. The fourth-order valence-corrected chi connectivity index (χ4v) is 1.81. The van der Waals surface area contributed by atoms with Gasteiger partial charge < -0.3 is 0 Å². The van der Waals surface area contributed by atoms with Crippen LogP contribution in [0.4, 0.5) is 5.95 Å². The average molecular weight is 271 g/mol. The number of anilines is 1. The first-order chi connectivity index (χ1) is 9.54. The minimum Gasteiger partial charge on any atom is -0.251 e. The third-order valence-electron chi connectivity index (χ3n) is 2.91. The minimum atomic E-state index is -0.166. The lowest BCUT2D eigenvalue weighted by molar-refractivity contribution is -0.375. The molecule has 0 radical (unpaired) electrons. The Kier molecular flexibility index (Phi) is 4.30. The lowest BCUT2D eigenvalue weighted by atomic mass is 10.0. The second-order valence-electron chi connectivity index (χ2n) is 5.01. The maximum atomic E-state index is 11.3. The molecule has 2 rings (SSSR count). The average Bonchev–Trinajstić information content (AvgIpc) is 2.38. The summed E-state index contributed by atoms with van der Waals surface area (Å²) >= 11 is 0. The summed E-state index contributed by atoms with van der Waals surface area (Å²) < 4.78 is 0. The summed E-state index contributed by atoms with van der Waals surface area (Å²) in [6.45, 7) is 6.14. The third-order valence-corrected chi connectivity index (χ3v) is 2.91. The van der Waals surface area contributed by atoms with Crippen molar-refractivity contribution in [3.05, 3.63) is 57.5 Å².